The van der Waals surface area contributed by atoms with Crippen LogP contribution in [0.1, 0.15) is 0 Å². The average molecular weight is 741 g/mol. The standard InChI is InChI=1S/C56H40N2/c1-4-14-41(15-5-1)42-26-31-49(32-27-42)58(52-37-35-51(36-38-52)57(47-19-6-2-7-20-47)48-21-8-3-9-22-48)50-33-28-44(29-34-50)54-24-13-18-45-40-46(30-39-56(45)54)55-25-12-17-43-16-10-11-23-53(43)55/h1-40H. The van der Waals surface area contributed by atoms with Crippen molar-refractivity contribution in [2.45, 2.75) is 0 Å². The zero-order valence-electron chi connectivity index (χ0n) is 32.0. The van der Waals surface area contributed by atoms with E-state index in [2.05, 4.69) is 252 Å². The molecule has 0 atom stereocenters. The van der Waals surface area contributed by atoms with Crippen molar-refractivity contribution < 1.29 is 0 Å². The molecule has 0 aliphatic carbocycles. The van der Waals surface area contributed by atoms with E-state index in [0.29, 0.717) is 0 Å². The van der Waals surface area contributed by atoms with Crippen molar-refractivity contribution in [1.29, 1.82) is 0 Å². The van der Waals surface area contributed by atoms with Crippen LogP contribution in [0.15, 0.2) is 243 Å². The summed E-state index contributed by atoms with van der Waals surface area (Å²) in [5.74, 6) is 0. The van der Waals surface area contributed by atoms with Crippen LogP contribution >= 0.6 is 0 Å². The number of fused-ring (bicyclic) bond motifs is 2. The minimum absolute atomic E-state index is 1.08. The molecule has 10 aromatic carbocycles. The van der Waals surface area contributed by atoms with Gasteiger partial charge in [-0.15, -0.1) is 0 Å². The number of para-hydroxylation sites is 2. The molecule has 10 aromatic rings. The third-order valence-corrected chi connectivity index (χ3v) is 11.0. The summed E-state index contributed by atoms with van der Waals surface area (Å²) < 4.78 is 0. The van der Waals surface area contributed by atoms with Gasteiger partial charge in [0.05, 0.1) is 0 Å². The molecule has 2 nitrogen and oxygen atoms in total. The van der Waals surface area contributed by atoms with Gasteiger partial charge in [0.2, 0.25) is 0 Å². The minimum Gasteiger partial charge on any atom is -0.311 e. The van der Waals surface area contributed by atoms with Gasteiger partial charge in [0.1, 0.15) is 0 Å². The number of hydrogen-bond acceptors (Lipinski definition) is 2. The third-order valence-electron chi connectivity index (χ3n) is 11.0. The summed E-state index contributed by atoms with van der Waals surface area (Å²) in [6, 6.07) is 87.2. The fourth-order valence-corrected chi connectivity index (χ4v) is 8.20. The van der Waals surface area contributed by atoms with Gasteiger partial charge in [-0.05, 0) is 134 Å². The Balaban J connectivity index is 1.02. The molecule has 0 aliphatic rings. The zero-order chi connectivity index (χ0) is 38.7. The van der Waals surface area contributed by atoms with E-state index in [1.807, 2.05) is 0 Å². The normalized spacial score (nSPS) is 11.1. The molecule has 0 radical (unpaired) electrons. The van der Waals surface area contributed by atoms with E-state index in [0.717, 1.165) is 34.1 Å². The van der Waals surface area contributed by atoms with E-state index in [-0.39, 0.29) is 0 Å². The van der Waals surface area contributed by atoms with Gasteiger partial charge in [-0.1, -0.05) is 164 Å². The van der Waals surface area contributed by atoms with Crippen molar-refractivity contribution in [3.63, 3.8) is 0 Å². The lowest BCUT2D eigenvalue weighted by molar-refractivity contribution is 1.26. The molecule has 0 heterocycles. The lowest BCUT2D eigenvalue weighted by Crippen LogP contribution is -2.12. The highest BCUT2D eigenvalue weighted by atomic mass is 15.2. The Morgan fingerprint density at radius 3 is 1.14 bits per heavy atom. The maximum absolute atomic E-state index is 2.34. The van der Waals surface area contributed by atoms with Crippen LogP contribution in [0.25, 0.3) is 54.9 Å². The van der Waals surface area contributed by atoms with Crippen LogP contribution in [0, 0.1) is 0 Å². The monoisotopic (exact) mass is 740 g/mol. The molecule has 0 aromatic heterocycles. The predicted molar refractivity (Wildman–Crippen MR) is 247 cm³/mol. The molecular weight excluding hydrogens is 701 g/mol. The molecule has 0 fully saturated rings. The molecule has 0 saturated carbocycles. The smallest absolute Gasteiger partial charge is 0.0463 e. The maximum Gasteiger partial charge on any atom is 0.0463 e. The van der Waals surface area contributed by atoms with Crippen LogP contribution in [0.3, 0.4) is 0 Å². The van der Waals surface area contributed by atoms with Gasteiger partial charge in [-0.25, -0.2) is 0 Å². The summed E-state index contributed by atoms with van der Waals surface area (Å²) in [6.07, 6.45) is 0. The lowest BCUT2D eigenvalue weighted by atomic mass is 9.93. The zero-order valence-corrected chi connectivity index (χ0v) is 32.0. The summed E-state index contributed by atoms with van der Waals surface area (Å²) in [6.45, 7) is 0. The summed E-state index contributed by atoms with van der Waals surface area (Å²) in [4.78, 5) is 4.64. The first-order valence-corrected chi connectivity index (χ1v) is 19.8. The van der Waals surface area contributed by atoms with E-state index >= 15 is 0 Å². The Morgan fingerprint density at radius 1 is 0.207 bits per heavy atom. The van der Waals surface area contributed by atoms with Crippen LogP contribution in [-0.2, 0) is 0 Å². The third kappa shape index (κ3) is 6.78. The fourth-order valence-electron chi connectivity index (χ4n) is 8.20. The molecule has 0 N–H and O–H groups in total. The maximum atomic E-state index is 2.34. The molecular formula is C56H40N2. The first-order chi connectivity index (χ1) is 28.8. The van der Waals surface area contributed by atoms with Crippen molar-refractivity contribution in [3.05, 3.63) is 243 Å². The molecule has 10 rings (SSSR count). The largest absolute Gasteiger partial charge is 0.311 e. The molecule has 274 valence electrons. The van der Waals surface area contributed by atoms with Gasteiger partial charge >= 0.3 is 0 Å². The highest BCUT2D eigenvalue weighted by Crippen LogP contribution is 2.41. The van der Waals surface area contributed by atoms with Crippen molar-refractivity contribution in [3.8, 4) is 33.4 Å². The Bertz CT molecular complexity index is 2910. The second-order valence-electron chi connectivity index (χ2n) is 14.6. The minimum atomic E-state index is 1.08. The topological polar surface area (TPSA) is 6.48 Å². The summed E-state index contributed by atoms with van der Waals surface area (Å²) in [7, 11) is 0. The van der Waals surface area contributed by atoms with Crippen molar-refractivity contribution in [2.24, 2.45) is 0 Å². The van der Waals surface area contributed by atoms with Gasteiger partial charge < -0.3 is 9.80 Å². The van der Waals surface area contributed by atoms with E-state index in [9.17, 15) is 0 Å². The highest BCUT2D eigenvalue weighted by molar-refractivity contribution is 6.02. The number of nitrogens with zero attached hydrogens (tertiary/aromatic N) is 2. The number of anilines is 6. The van der Waals surface area contributed by atoms with Gasteiger partial charge in [0, 0.05) is 34.1 Å². The fraction of sp³-hybridized carbons (Fsp3) is 0. The van der Waals surface area contributed by atoms with Crippen LogP contribution in [0.5, 0.6) is 0 Å². The van der Waals surface area contributed by atoms with Gasteiger partial charge in [0.15, 0.2) is 0 Å². The molecule has 0 bridgehead atoms. The highest BCUT2D eigenvalue weighted by Gasteiger charge is 2.17. The first-order valence-electron chi connectivity index (χ1n) is 19.8. The number of hydrogen-bond donors (Lipinski definition) is 0. The van der Waals surface area contributed by atoms with E-state index < -0.39 is 0 Å². The van der Waals surface area contributed by atoms with Crippen molar-refractivity contribution >= 4 is 55.7 Å². The van der Waals surface area contributed by atoms with Crippen LogP contribution in [0.2, 0.25) is 0 Å². The average Bonchev–Trinajstić information content (AvgIpc) is 3.31. The van der Waals surface area contributed by atoms with Crippen LogP contribution < -0.4 is 9.80 Å². The van der Waals surface area contributed by atoms with E-state index in [1.54, 1.807) is 0 Å². The Kier molecular flexibility index (Phi) is 9.27. The molecule has 2 heteroatoms. The quantitative estimate of drug-likeness (QED) is 0.145. The lowest BCUT2D eigenvalue weighted by Gasteiger charge is -2.28. The molecule has 0 unspecified atom stereocenters. The van der Waals surface area contributed by atoms with Crippen LogP contribution in [-0.4, -0.2) is 0 Å². The van der Waals surface area contributed by atoms with E-state index in [4.69, 9.17) is 0 Å². The molecule has 0 saturated heterocycles. The molecule has 0 aliphatic heterocycles. The Labute approximate surface area is 340 Å². The molecule has 0 spiro atoms. The van der Waals surface area contributed by atoms with Gasteiger partial charge in [-0.2, -0.15) is 0 Å². The molecule has 0 amide bonds. The van der Waals surface area contributed by atoms with Crippen LogP contribution in [0.4, 0.5) is 34.1 Å². The van der Waals surface area contributed by atoms with E-state index in [1.165, 1.54) is 54.9 Å². The predicted octanol–water partition coefficient (Wildman–Crippen LogP) is 15.9. The Morgan fingerprint density at radius 2 is 0.569 bits per heavy atom. The van der Waals surface area contributed by atoms with Crippen molar-refractivity contribution in [2.75, 3.05) is 9.80 Å². The van der Waals surface area contributed by atoms with Gasteiger partial charge in [0.25, 0.3) is 0 Å². The second-order valence-corrected chi connectivity index (χ2v) is 14.6. The first kappa shape index (κ1) is 34.8. The number of rotatable bonds is 9. The van der Waals surface area contributed by atoms with Crippen molar-refractivity contribution in [1.82, 2.24) is 0 Å². The second kappa shape index (κ2) is 15.5. The number of benzene rings is 10. The van der Waals surface area contributed by atoms with Gasteiger partial charge in [-0.3, -0.25) is 0 Å². The Hall–Kier alpha value is -7.68. The summed E-state index contributed by atoms with van der Waals surface area (Å²) in [5, 5.41) is 5.00. The molecule has 58 heavy (non-hydrogen) atoms. The SMILES string of the molecule is c1ccc(-c2ccc(N(c3ccc(-c4cccc5cc(-c6cccc7ccccc67)ccc45)cc3)c3ccc(N(c4ccccc4)c4ccccc4)cc3)cc2)cc1. The summed E-state index contributed by atoms with van der Waals surface area (Å²) >= 11 is 0. The summed E-state index contributed by atoms with van der Waals surface area (Å²) in [5.41, 5.74) is 13.9.